The molecule has 0 aromatic rings. The van der Waals surface area contributed by atoms with Gasteiger partial charge in [0.25, 0.3) is 3.93 Å². The number of unbranched alkanes of at least 4 members (excludes halogenated alkanes) is 2. The Kier molecular flexibility index (Phi) is 6.31. The third-order valence-electron chi connectivity index (χ3n) is 1.06. The first-order chi connectivity index (χ1) is 4.06. The lowest BCUT2D eigenvalue weighted by molar-refractivity contribution is 0.769. The fourth-order valence-electron chi connectivity index (χ4n) is 0.575. The summed E-state index contributed by atoms with van der Waals surface area (Å²) in [6.45, 7) is 2.22. The molecule has 0 aromatic heterocycles. The van der Waals surface area contributed by atoms with Gasteiger partial charge < -0.3 is 0 Å². The van der Waals surface area contributed by atoms with Crippen LogP contribution in [0.1, 0.15) is 26.2 Å². The molecule has 0 radical (unpaired) electrons. The summed E-state index contributed by atoms with van der Waals surface area (Å²) in [5.41, 5.74) is 0. The van der Waals surface area contributed by atoms with E-state index in [1.807, 2.05) is 0 Å². The Labute approximate surface area is 81.5 Å². The molecule has 0 spiro atoms. The topological polar surface area (TPSA) is 0 Å². The fourth-order valence-corrected chi connectivity index (χ4v) is 3.75. The molecule has 0 atom stereocenters. The number of rotatable bonds is 4. The maximum absolute atomic E-state index is 3.58. The Hall–Kier alpha value is 1.66. The smallest absolute Gasteiger partial charge is 0.0964 e. The SMILES string of the molecule is CCCCC[Si](Br)(Br)Br. The van der Waals surface area contributed by atoms with Crippen molar-refractivity contribution >= 4 is 49.8 Å². The molecular formula is C5H11Br3Si. The first kappa shape index (κ1) is 10.7. The second-order valence-corrected chi connectivity index (χ2v) is 25.6. The summed E-state index contributed by atoms with van der Waals surface area (Å²) in [5.74, 6) is 0. The maximum Gasteiger partial charge on any atom is 0.267 e. The Morgan fingerprint density at radius 2 is 1.67 bits per heavy atom. The standard InChI is InChI=1S/C5H11Br3Si/c1-2-3-4-5-9(6,7)8/h2-5H2,1H3. The molecule has 0 aliphatic rings. The van der Waals surface area contributed by atoms with Crippen LogP contribution in [0.4, 0.5) is 0 Å². The minimum atomic E-state index is -1.26. The largest absolute Gasteiger partial charge is 0.267 e. The van der Waals surface area contributed by atoms with Gasteiger partial charge in [-0.15, -0.1) is 0 Å². The zero-order chi connectivity index (χ0) is 7.33. The Morgan fingerprint density at radius 3 is 2.00 bits per heavy atom. The molecule has 0 N–H and O–H groups in total. The van der Waals surface area contributed by atoms with Gasteiger partial charge in [0.1, 0.15) is 0 Å². The van der Waals surface area contributed by atoms with Crippen LogP contribution in [0.2, 0.25) is 6.04 Å². The lowest BCUT2D eigenvalue weighted by Crippen LogP contribution is -2.04. The summed E-state index contributed by atoms with van der Waals surface area (Å²) >= 11 is 10.7. The van der Waals surface area contributed by atoms with Gasteiger partial charge in [-0.3, -0.25) is 0 Å². The van der Waals surface area contributed by atoms with Crippen molar-refractivity contribution < 1.29 is 0 Å². The van der Waals surface area contributed by atoms with Crippen molar-refractivity contribution in [2.75, 3.05) is 0 Å². The maximum atomic E-state index is 3.58. The quantitative estimate of drug-likeness (QED) is 0.407. The van der Waals surface area contributed by atoms with Gasteiger partial charge in [-0.05, 0) is 6.04 Å². The molecule has 0 saturated carbocycles. The number of halogens is 3. The summed E-state index contributed by atoms with van der Waals surface area (Å²) in [6.07, 6.45) is 3.97. The molecule has 56 valence electrons. The van der Waals surface area contributed by atoms with Gasteiger partial charge in [-0.1, -0.05) is 72.1 Å². The molecule has 0 aromatic carbocycles. The molecule has 0 fully saturated rings. The molecule has 0 saturated heterocycles. The highest BCUT2D eigenvalue weighted by Crippen LogP contribution is 2.33. The van der Waals surface area contributed by atoms with Crippen molar-refractivity contribution in [3.63, 3.8) is 0 Å². The van der Waals surface area contributed by atoms with Crippen LogP contribution in [0.3, 0.4) is 0 Å². The zero-order valence-electron chi connectivity index (χ0n) is 5.46. The van der Waals surface area contributed by atoms with Gasteiger partial charge in [0, 0.05) is 0 Å². The van der Waals surface area contributed by atoms with Crippen molar-refractivity contribution in [1.29, 1.82) is 0 Å². The summed E-state index contributed by atoms with van der Waals surface area (Å²) in [6, 6.07) is 1.26. The van der Waals surface area contributed by atoms with Crippen molar-refractivity contribution in [3.05, 3.63) is 0 Å². The van der Waals surface area contributed by atoms with E-state index in [1.165, 1.54) is 25.3 Å². The van der Waals surface area contributed by atoms with Crippen LogP contribution in [-0.4, -0.2) is 3.93 Å². The van der Waals surface area contributed by atoms with Gasteiger partial charge in [-0.2, -0.15) is 0 Å². The Balaban J connectivity index is 3.07. The van der Waals surface area contributed by atoms with E-state index in [1.54, 1.807) is 0 Å². The van der Waals surface area contributed by atoms with E-state index in [4.69, 9.17) is 0 Å². The highest BCUT2D eigenvalue weighted by Gasteiger charge is 2.20. The van der Waals surface area contributed by atoms with E-state index in [-0.39, 0.29) is 0 Å². The molecule has 0 unspecified atom stereocenters. The minimum Gasteiger partial charge on any atom is -0.0964 e. The molecule has 0 aliphatic carbocycles. The van der Waals surface area contributed by atoms with Gasteiger partial charge in [0.05, 0.1) is 0 Å². The average molecular weight is 339 g/mol. The highest BCUT2D eigenvalue weighted by molar-refractivity contribution is 9.72. The monoisotopic (exact) mass is 336 g/mol. The van der Waals surface area contributed by atoms with Crippen LogP contribution >= 0.6 is 45.9 Å². The van der Waals surface area contributed by atoms with E-state index < -0.39 is 3.93 Å². The fraction of sp³-hybridized carbons (Fsp3) is 1.00. The first-order valence-corrected chi connectivity index (χ1v) is 12.1. The Bertz CT molecular complexity index is 69.1. The Morgan fingerprint density at radius 1 is 1.11 bits per heavy atom. The lowest BCUT2D eigenvalue weighted by Gasteiger charge is -2.06. The van der Waals surface area contributed by atoms with Crippen LogP contribution in [0.15, 0.2) is 0 Å². The van der Waals surface area contributed by atoms with Gasteiger partial charge in [0.2, 0.25) is 0 Å². The van der Waals surface area contributed by atoms with E-state index in [9.17, 15) is 0 Å². The first-order valence-electron chi connectivity index (χ1n) is 3.13. The van der Waals surface area contributed by atoms with Crippen LogP contribution < -0.4 is 0 Å². The summed E-state index contributed by atoms with van der Waals surface area (Å²) in [4.78, 5) is 0. The van der Waals surface area contributed by atoms with E-state index >= 15 is 0 Å². The summed E-state index contributed by atoms with van der Waals surface area (Å²) < 4.78 is -1.26. The molecule has 0 bridgehead atoms. The summed E-state index contributed by atoms with van der Waals surface area (Å²) in [5, 5.41) is 0. The lowest BCUT2D eigenvalue weighted by atomic mass is 10.3. The second kappa shape index (κ2) is 5.33. The predicted molar refractivity (Wildman–Crippen MR) is 56.9 cm³/mol. The predicted octanol–water partition coefficient (Wildman–Crippen LogP) is 4.30. The van der Waals surface area contributed by atoms with E-state index in [0.29, 0.717) is 0 Å². The van der Waals surface area contributed by atoms with Crippen molar-refractivity contribution in [1.82, 2.24) is 0 Å². The molecule has 4 heteroatoms. The van der Waals surface area contributed by atoms with Gasteiger partial charge in [0.15, 0.2) is 0 Å². The van der Waals surface area contributed by atoms with Crippen molar-refractivity contribution in [3.8, 4) is 0 Å². The van der Waals surface area contributed by atoms with Gasteiger partial charge in [-0.25, -0.2) is 0 Å². The molecule has 9 heavy (non-hydrogen) atoms. The van der Waals surface area contributed by atoms with Crippen LogP contribution in [-0.2, 0) is 0 Å². The van der Waals surface area contributed by atoms with E-state index in [0.717, 1.165) is 0 Å². The number of hydrogen-bond donors (Lipinski definition) is 0. The molecule has 0 heterocycles. The second-order valence-electron chi connectivity index (χ2n) is 2.07. The van der Waals surface area contributed by atoms with Gasteiger partial charge >= 0.3 is 0 Å². The molecule has 0 aliphatic heterocycles. The number of hydrogen-bond acceptors (Lipinski definition) is 0. The molecule has 0 rings (SSSR count). The third kappa shape index (κ3) is 9.66. The van der Waals surface area contributed by atoms with Crippen LogP contribution in [0.25, 0.3) is 0 Å². The molecule has 0 nitrogen and oxygen atoms in total. The summed E-state index contributed by atoms with van der Waals surface area (Å²) in [7, 11) is 0. The zero-order valence-corrected chi connectivity index (χ0v) is 11.2. The van der Waals surface area contributed by atoms with Crippen LogP contribution in [0.5, 0.6) is 0 Å². The normalized spacial score (nSPS) is 12.0. The highest BCUT2D eigenvalue weighted by atomic mass is 80.0. The minimum absolute atomic E-state index is 1.26. The van der Waals surface area contributed by atoms with Crippen LogP contribution in [0, 0.1) is 0 Å². The van der Waals surface area contributed by atoms with E-state index in [2.05, 4.69) is 52.8 Å². The molecular weight excluding hydrogens is 328 g/mol. The molecule has 0 amide bonds. The van der Waals surface area contributed by atoms with Crippen molar-refractivity contribution in [2.45, 2.75) is 32.2 Å². The third-order valence-corrected chi connectivity index (χ3v) is 5.55. The average Bonchev–Trinajstić information content (AvgIpc) is 1.63. The van der Waals surface area contributed by atoms with Crippen molar-refractivity contribution in [2.24, 2.45) is 0 Å².